The molecule has 1 unspecified atom stereocenters. The summed E-state index contributed by atoms with van der Waals surface area (Å²) in [6.45, 7) is 4.60. The van der Waals surface area contributed by atoms with E-state index in [2.05, 4.69) is 4.89 Å². The Morgan fingerprint density at radius 3 is 2.47 bits per heavy atom. The zero-order valence-corrected chi connectivity index (χ0v) is 10.6. The van der Waals surface area contributed by atoms with Crippen LogP contribution in [0.5, 0.6) is 0 Å². The maximum atomic E-state index is 12.1. The third kappa shape index (κ3) is 2.66. The lowest BCUT2D eigenvalue weighted by Gasteiger charge is -2.22. The molecule has 1 fully saturated rings. The molecule has 0 aromatic heterocycles. The maximum Gasteiger partial charge on any atom is 0.266 e. The van der Waals surface area contributed by atoms with Crippen LogP contribution < -0.4 is 0 Å². The lowest BCUT2D eigenvalue weighted by Crippen LogP contribution is -2.46. The van der Waals surface area contributed by atoms with Crippen molar-refractivity contribution >= 4 is 11.7 Å². The third-order valence-electron chi connectivity index (χ3n) is 3.24. The van der Waals surface area contributed by atoms with E-state index in [0.29, 0.717) is 13.0 Å². The number of Topliss-reactive ketones (excluding diaryl/α,β-unsaturated/α-hetero) is 1. The van der Waals surface area contributed by atoms with E-state index in [-0.39, 0.29) is 24.7 Å². The van der Waals surface area contributed by atoms with E-state index in [4.69, 9.17) is 5.26 Å². The molecule has 0 radical (unpaired) electrons. The largest absolute Gasteiger partial charge is 0.332 e. The average molecular weight is 243 g/mol. The number of likely N-dealkylation sites (tertiary alicyclic amines) is 1. The van der Waals surface area contributed by atoms with Gasteiger partial charge in [-0.05, 0) is 19.3 Å². The number of rotatable bonds is 7. The van der Waals surface area contributed by atoms with Crippen LogP contribution in [0.15, 0.2) is 0 Å². The summed E-state index contributed by atoms with van der Waals surface area (Å²) in [7, 11) is 0. The minimum atomic E-state index is -1.62. The molecule has 5 nitrogen and oxygen atoms in total. The summed E-state index contributed by atoms with van der Waals surface area (Å²) in [5.41, 5.74) is -1.62. The van der Waals surface area contributed by atoms with Gasteiger partial charge >= 0.3 is 0 Å². The molecule has 1 rings (SSSR count). The van der Waals surface area contributed by atoms with Crippen molar-refractivity contribution in [3.05, 3.63) is 0 Å². The molecule has 5 heteroatoms. The Morgan fingerprint density at radius 1 is 1.29 bits per heavy atom. The second kappa shape index (κ2) is 6.12. The summed E-state index contributed by atoms with van der Waals surface area (Å²) < 4.78 is 0. The molecule has 1 heterocycles. The van der Waals surface area contributed by atoms with E-state index in [1.54, 1.807) is 0 Å². The van der Waals surface area contributed by atoms with Gasteiger partial charge in [0.25, 0.3) is 5.91 Å². The molecule has 1 aliphatic heterocycles. The van der Waals surface area contributed by atoms with Gasteiger partial charge in [-0.25, -0.2) is 4.89 Å². The van der Waals surface area contributed by atoms with Gasteiger partial charge in [-0.2, -0.15) is 0 Å². The Kier molecular flexibility index (Phi) is 5.08. The van der Waals surface area contributed by atoms with Gasteiger partial charge in [0.2, 0.25) is 5.60 Å². The molecule has 1 saturated heterocycles. The van der Waals surface area contributed by atoms with Crippen LogP contribution in [-0.2, 0) is 14.5 Å². The van der Waals surface area contributed by atoms with Crippen molar-refractivity contribution in [2.24, 2.45) is 0 Å². The lowest BCUT2D eigenvalue weighted by molar-refractivity contribution is -0.301. The fraction of sp³-hybridized carbons (Fsp3) is 0.833. The quantitative estimate of drug-likeness (QED) is 0.419. The van der Waals surface area contributed by atoms with Crippen LogP contribution in [0.3, 0.4) is 0 Å². The molecule has 0 aromatic carbocycles. The monoisotopic (exact) mass is 243 g/mol. The molecule has 17 heavy (non-hydrogen) atoms. The molecular formula is C12H21NO4. The number of hydrogen-bond acceptors (Lipinski definition) is 4. The van der Waals surface area contributed by atoms with Crippen LogP contribution in [0.25, 0.3) is 0 Å². The van der Waals surface area contributed by atoms with Crippen molar-refractivity contribution in [1.29, 1.82) is 0 Å². The number of unbranched alkanes of at least 4 members (excludes halogenated alkanes) is 2. The second-order valence-corrected chi connectivity index (χ2v) is 4.53. The van der Waals surface area contributed by atoms with Crippen molar-refractivity contribution in [3.8, 4) is 0 Å². The number of nitrogens with zero attached hydrogens (tertiary/aromatic N) is 1. The van der Waals surface area contributed by atoms with Crippen LogP contribution in [0.2, 0.25) is 0 Å². The molecule has 0 aromatic rings. The minimum Gasteiger partial charge on any atom is -0.332 e. The number of ketones is 1. The summed E-state index contributed by atoms with van der Waals surface area (Å²) in [5.74, 6) is -0.707. The van der Waals surface area contributed by atoms with Gasteiger partial charge in [0.1, 0.15) is 0 Å². The van der Waals surface area contributed by atoms with E-state index >= 15 is 0 Å². The topological polar surface area (TPSA) is 66.8 Å². The van der Waals surface area contributed by atoms with Crippen molar-refractivity contribution < 1.29 is 19.7 Å². The molecule has 98 valence electrons. The first kappa shape index (κ1) is 14.1. The van der Waals surface area contributed by atoms with Crippen molar-refractivity contribution in [2.75, 3.05) is 13.1 Å². The van der Waals surface area contributed by atoms with Gasteiger partial charge < -0.3 is 4.90 Å². The Balaban J connectivity index is 2.76. The first-order valence-corrected chi connectivity index (χ1v) is 6.27. The standard InChI is InChI=1S/C12H21NO4/c1-3-5-7-12(17-16)10(14)9-13(11(12)15)8-6-4-2/h16H,3-9H2,1-2H3. The fourth-order valence-electron chi connectivity index (χ4n) is 2.08. The van der Waals surface area contributed by atoms with Crippen molar-refractivity contribution in [3.63, 3.8) is 0 Å². The second-order valence-electron chi connectivity index (χ2n) is 4.53. The minimum absolute atomic E-state index is 0.0586. The molecule has 0 saturated carbocycles. The molecular weight excluding hydrogens is 222 g/mol. The van der Waals surface area contributed by atoms with Gasteiger partial charge in [0.15, 0.2) is 5.78 Å². The van der Waals surface area contributed by atoms with E-state index in [9.17, 15) is 9.59 Å². The van der Waals surface area contributed by atoms with Crippen LogP contribution in [0.4, 0.5) is 0 Å². The van der Waals surface area contributed by atoms with Crippen molar-refractivity contribution in [2.45, 2.75) is 51.6 Å². The van der Waals surface area contributed by atoms with Crippen LogP contribution in [0.1, 0.15) is 46.0 Å². The third-order valence-corrected chi connectivity index (χ3v) is 3.24. The van der Waals surface area contributed by atoms with Gasteiger partial charge in [0, 0.05) is 6.54 Å². The Labute approximate surface area is 102 Å². The van der Waals surface area contributed by atoms with E-state index in [1.807, 2.05) is 13.8 Å². The number of carbonyl (C=O) groups is 2. The summed E-state index contributed by atoms with van der Waals surface area (Å²) in [4.78, 5) is 29.7. The highest BCUT2D eigenvalue weighted by Crippen LogP contribution is 2.28. The van der Waals surface area contributed by atoms with Gasteiger partial charge in [-0.1, -0.05) is 26.7 Å². The Morgan fingerprint density at radius 2 is 1.94 bits per heavy atom. The van der Waals surface area contributed by atoms with Crippen LogP contribution in [-0.4, -0.2) is 40.5 Å². The highest BCUT2D eigenvalue weighted by atomic mass is 17.1. The smallest absolute Gasteiger partial charge is 0.266 e. The molecule has 0 bridgehead atoms. The van der Waals surface area contributed by atoms with E-state index in [1.165, 1.54) is 4.90 Å². The lowest BCUT2D eigenvalue weighted by atomic mass is 9.94. The number of hydrogen-bond donors (Lipinski definition) is 1. The summed E-state index contributed by atoms with van der Waals surface area (Å²) in [5, 5.41) is 8.96. The first-order valence-electron chi connectivity index (χ1n) is 6.27. The normalized spacial score (nSPS) is 24.8. The summed E-state index contributed by atoms with van der Waals surface area (Å²) in [6.07, 6.45) is 3.61. The SMILES string of the molecule is CCCCN1CC(=O)C(CCCC)(OO)C1=O. The van der Waals surface area contributed by atoms with Gasteiger partial charge in [0.05, 0.1) is 6.54 Å². The molecule has 0 aliphatic carbocycles. The van der Waals surface area contributed by atoms with Crippen molar-refractivity contribution in [1.82, 2.24) is 4.90 Å². The Hall–Kier alpha value is -0.940. The number of carbonyl (C=O) groups excluding carboxylic acids is 2. The zero-order chi connectivity index (χ0) is 12.9. The van der Waals surface area contributed by atoms with Crippen LogP contribution >= 0.6 is 0 Å². The first-order chi connectivity index (χ1) is 8.12. The zero-order valence-electron chi connectivity index (χ0n) is 10.6. The summed E-state index contributed by atoms with van der Waals surface area (Å²) in [6, 6.07) is 0. The van der Waals surface area contributed by atoms with E-state index < -0.39 is 5.60 Å². The highest BCUT2D eigenvalue weighted by molar-refractivity contribution is 6.15. The molecule has 1 amide bonds. The van der Waals surface area contributed by atoms with Gasteiger partial charge in [-0.15, -0.1) is 0 Å². The molecule has 0 spiro atoms. The predicted molar refractivity (Wildman–Crippen MR) is 62.5 cm³/mol. The maximum absolute atomic E-state index is 12.1. The fourth-order valence-corrected chi connectivity index (χ4v) is 2.08. The molecule has 1 N–H and O–H groups in total. The molecule has 1 atom stereocenters. The van der Waals surface area contributed by atoms with Crippen LogP contribution in [0, 0.1) is 0 Å². The predicted octanol–water partition coefficient (Wildman–Crippen LogP) is 1.62. The van der Waals surface area contributed by atoms with E-state index in [0.717, 1.165) is 19.3 Å². The van der Waals surface area contributed by atoms with Gasteiger partial charge in [-0.3, -0.25) is 14.8 Å². The number of amides is 1. The Bertz CT molecular complexity index is 292. The highest BCUT2D eigenvalue weighted by Gasteiger charge is 2.55. The average Bonchev–Trinajstić information content (AvgIpc) is 2.57. The summed E-state index contributed by atoms with van der Waals surface area (Å²) >= 11 is 0. The molecule has 1 aliphatic rings.